The molecule has 1 aromatic rings. The summed E-state index contributed by atoms with van der Waals surface area (Å²) in [5.74, 6) is -4.09. The summed E-state index contributed by atoms with van der Waals surface area (Å²) in [7, 11) is 0. The summed E-state index contributed by atoms with van der Waals surface area (Å²) in [6, 6.07) is 8.52. The first-order valence-corrected chi connectivity index (χ1v) is 7.44. The van der Waals surface area contributed by atoms with Crippen molar-refractivity contribution in [1.82, 2.24) is 10.2 Å². The number of aryl methyl sites for hydroxylation is 1. The Bertz CT molecular complexity index is 580. The summed E-state index contributed by atoms with van der Waals surface area (Å²) in [6.07, 6.45) is 0.233. The average molecular weight is 326 g/mol. The molecule has 1 aliphatic rings. The second-order valence-electron chi connectivity index (χ2n) is 6.08. The van der Waals surface area contributed by atoms with E-state index in [2.05, 4.69) is 5.32 Å². The number of carbonyl (C=O) groups is 2. The maximum Gasteiger partial charge on any atom is 0.329 e. The van der Waals surface area contributed by atoms with E-state index in [1.807, 2.05) is 30.3 Å². The number of nitrogens with zero attached hydrogens (tertiary/aromatic N) is 1. The quantitative estimate of drug-likeness (QED) is 0.873. The van der Waals surface area contributed by atoms with Gasteiger partial charge in [-0.2, -0.15) is 0 Å². The molecule has 1 aromatic carbocycles. The maximum absolute atomic E-state index is 13.2. The molecule has 23 heavy (non-hydrogen) atoms. The standard InChI is InChI=1S/C16H20F2N2O3/c1-15(13(21)22,8-7-12-5-3-2-4-6-12)19-14(23)20-10-9-16(17,18)11-20/h2-6H,7-11H2,1H3,(H,19,23)(H,21,22). The van der Waals surface area contributed by atoms with Crippen LogP contribution in [-0.2, 0) is 11.2 Å². The molecule has 2 amide bonds. The first-order chi connectivity index (χ1) is 10.7. The normalized spacial score (nSPS) is 19.2. The number of nitrogens with one attached hydrogen (secondary N) is 1. The van der Waals surface area contributed by atoms with Crippen molar-refractivity contribution in [2.75, 3.05) is 13.1 Å². The molecule has 2 N–H and O–H groups in total. The summed E-state index contributed by atoms with van der Waals surface area (Å²) in [5.41, 5.74) is -0.563. The van der Waals surface area contributed by atoms with Gasteiger partial charge in [0.2, 0.25) is 0 Å². The molecule has 1 saturated heterocycles. The van der Waals surface area contributed by atoms with E-state index in [9.17, 15) is 23.5 Å². The molecule has 0 radical (unpaired) electrons. The molecule has 5 nitrogen and oxygen atoms in total. The van der Waals surface area contributed by atoms with Crippen LogP contribution in [0.15, 0.2) is 30.3 Å². The van der Waals surface area contributed by atoms with Crippen LogP contribution >= 0.6 is 0 Å². The molecular formula is C16H20F2N2O3. The molecular weight excluding hydrogens is 306 g/mol. The number of hydrogen-bond donors (Lipinski definition) is 2. The van der Waals surface area contributed by atoms with Gasteiger partial charge in [-0.15, -0.1) is 0 Å². The lowest BCUT2D eigenvalue weighted by Crippen LogP contribution is -2.56. The van der Waals surface area contributed by atoms with Gasteiger partial charge in [0.05, 0.1) is 6.54 Å². The van der Waals surface area contributed by atoms with E-state index in [0.717, 1.165) is 10.5 Å². The second kappa shape index (κ2) is 6.52. The van der Waals surface area contributed by atoms with Crippen LogP contribution in [0.1, 0.15) is 25.3 Å². The van der Waals surface area contributed by atoms with Crippen LogP contribution in [0.2, 0.25) is 0 Å². The number of amides is 2. The lowest BCUT2D eigenvalue weighted by molar-refractivity contribution is -0.144. The number of benzene rings is 1. The van der Waals surface area contributed by atoms with Gasteiger partial charge in [0, 0.05) is 13.0 Å². The Balaban J connectivity index is 1.99. The number of carboxylic acids is 1. The highest BCUT2D eigenvalue weighted by molar-refractivity contribution is 5.86. The maximum atomic E-state index is 13.2. The number of halogens is 2. The molecule has 1 aliphatic heterocycles. The van der Waals surface area contributed by atoms with Gasteiger partial charge >= 0.3 is 12.0 Å². The smallest absolute Gasteiger partial charge is 0.329 e. The van der Waals surface area contributed by atoms with Crippen molar-refractivity contribution in [3.63, 3.8) is 0 Å². The van der Waals surface area contributed by atoms with Crippen molar-refractivity contribution in [3.8, 4) is 0 Å². The zero-order chi connectivity index (χ0) is 17.1. The van der Waals surface area contributed by atoms with Gasteiger partial charge < -0.3 is 15.3 Å². The Morgan fingerprint density at radius 2 is 2.00 bits per heavy atom. The van der Waals surface area contributed by atoms with Gasteiger partial charge in [0.25, 0.3) is 5.92 Å². The minimum atomic E-state index is -2.90. The molecule has 0 spiro atoms. The van der Waals surface area contributed by atoms with Gasteiger partial charge in [0.1, 0.15) is 5.54 Å². The molecule has 2 rings (SSSR count). The van der Waals surface area contributed by atoms with Crippen molar-refractivity contribution in [2.24, 2.45) is 0 Å². The van der Waals surface area contributed by atoms with E-state index < -0.39 is 36.4 Å². The number of likely N-dealkylation sites (tertiary alicyclic amines) is 1. The first kappa shape index (κ1) is 17.2. The monoisotopic (exact) mass is 326 g/mol. The summed E-state index contributed by atoms with van der Waals surface area (Å²) >= 11 is 0. The van der Waals surface area contributed by atoms with Gasteiger partial charge in [-0.05, 0) is 25.3 Å². The highest BCUT2D eigenvalue weighted by atomic mass is 19.3. The summed E-state index contributed by atoms with van der Waals surface area (Å²) in [6.45, 7) is 0.644. The molecule has 7 heteroatoms. The van der Waals surface area contributed by atoms with Crippen LogP contribution in [0.5, 0.6) is 0 Å². The van der Waals surface area contributed by atoms with Gasteiger partial charge in [0.15, 0.2) is 0 Å². The van der Waals surface area contributed by atoms with E-state index in [0.29, 0.717) is 6.42 Å². The lowest BCUT2D eigenvalue weighted by Gasteiger charge is -2.29. The Morgan fingerprint density at radius 3 is 2.52 bits per heavy atom. The highest BCUT2D eigenvalue weighted by Gasteiger charge is 2.43. The molecule has 1 atom stereocenters. The van der Waals surface area contributed by atoms with Crippen molar-refractivity contribution in [1.29, 1.82) is 0 Å². The SMILES string of the molecule is CC(CCc1ccccc1)(NC(=O)N1CCC(F)(F)C1)C(=O)O. The van der Waals surface area contributed by atoms with Gasteiger partial charge in [-0.3, -0.25) is 0 Å². The van der Waals surface area contributed by atoms with E-state index in [4.69, 9.17) is 0 Å². The summed E-state index contributed by atoms with van der Waals surface area (Å²) in [4.78, 5) is 24.6. The van der Waals surface area contributed by atoms with Crippen LogP contribution in [0.4, 0.5) is 13.6 Å². The number of hydrogen-bond acceptors (Lipinski definition) is 2. The molecule has 126 valence electrons. The predicted molar refractivity (Wildman–Crippen MR) is 80.5 cm³/mol. The van der Waals surface area contributed by atoms with E-state index in [-0.39, 0.29) is 13.0 Å². The summed E-state index contributed by atoms with van der Waals surface area (Å²) in [5, 5.41) is 11.8. The van der Waals surface area contributed by atoms with Crippen LogP contribution in [-0.4, -0.2) is 46.6 Å². The Labute approximate surface area is 133 Å². The molecule has 1 fully saturated rings. The van der Waals surface area contributed by atoms with Crippen LogP contribution in [0, 0.1) is 0 Å². The fraction of sp³-hybridized carbons (Fsp3) is 0.500. The third-order valence-electron chi connectivity index (χ3n) is 4.07. The molecule has 0 bridgehead atoms. The van der Waals surface area contributed by atoms with Crippen molar-refractivity contribution in [2.45, 2.75) is 37.6 Å². The lowest BCUT2D eigenvalue weighted by atomic mass is 9.93. The van der Waals surface area contributed by atoms with E-state index >= 15 is 0 Å². The minimum absolute atomic E-state index is 0.0762. The molecule has 1 heterocycles. The Morgan fingerprint density at radius 1 is 1.35 bits per heavy atom. The molecule has 0 aliphatic carbocycles. The summed E-state index contributed by atoms with van der Waals surface area (Å²) < 4.78 is 26.4. The number of alkyl halides is 2. The topological polar surface area (TPSA) is 69.6 Å². The average Bonchev–Trinajstić information content (AvgIpc) is 2.86. The van der Waals surface area contributed by atoms with E-state index in [1.165, 1.54) is 6.92 Å². The second-order valence-corrected chi connectivity index (χ2v) is 6.08. The zero-order valence-corrected chi connectivity index (χ0v) is 12.9. The van der Waals surface area contributed by atoms with E-state index in [1.54, 1.807) is 0 Å². The number of rotatable bonds is 5. The Hall–Kier alpha value is -2.18. The number of carbonyl (C=O) groups excluding carboxylic acids is 1. The largest absolute Gasteiger partial charge is 0.480 e. The van der Waals surface area contributed by atoms with Crippen LogP contribution in [0.3, 0.4) is 0 Å². The third-order valence-corrected chi connectivity index (χ3v) is 4.07. The van der Waals surface area contributed by atoms with Crippen molar-refractivity contribution >= 4 is 12.0 Å². The highest BCUT2D eigenvalue weighted by Crippen LogP contribution is 2.27. The predicted octanol–water partition coefficient (Wildman–Crippen LogP) is 2.51. The number of carboxylic acid groups (broad SMARTS) is 1. The molecule has 0 aromatic heterocycles. The zero-order valence-electron chi connectivity index (χ0n) is 12.9. The third kappa shape index (κ3) is 4.40. The Kier molecular flexibility index (Phi) is 4.87. The van der Waals surface area contributed by atoms with Crippen LogP contribution < -0.4 is 5.32 Å². The van der Waals surface area contributed by atoms with Crippen LogP contribution in [0.25, 0.3) is 0 Å². The number of aliphatic carboxylic acids is 1. The molecule has 1 unspecified atom stereocenters. The van der Waals surface area contributed by atoms with Crippen molar-refractivity contribution in [3.05, 3.63) is 35.9 Å². The molecule has 0 saturated carbocycles. The fourth-order valence-corrected chi connectivity index (χ4v) is 2.49. The van der Waals surface area contributed by atoms with Crippen molar-refractivity contribution < 1.29 is 23.5 Å². The number of urea groups is 1. The minimum Gasteiger partial charge on any atom is -0.480 e. The van der Waals surface area contributed by atoms with Gasteiger partial charge in [-0.25, -0.2) is 18.4 Å². The first-order valence-electron chi connectivity index (χ1n) is 7.44. The fourth-order valence-electron chi connectivity index (χ4n) is 2.49. The van der Waals surface area contributed by atoms with Gasteiger partial charge in [-0.1, -0.05) is 30.3 Å².